The maximum atomic E-state index is 5.39. The zero-order chi connectivity index (χ0) is 14.3. The standard InChI is InChI=1S/C15H26N2O2/c1-12(2)16-8-9-17(3)11-13-10-14(18-4)6-7-15(13)19-5/h6-7,10,12,16H,8-9,11H2,1-5H3. The van der Waals surface area contributed by atoms with Gasteiger partial charge in [0.1, 0.15) is 11.5 Å². The van der Waals surface area contributed by atoms with Crippen molar-refractivity contribution in [1.29, 1.82) is 0 Å². The molecule has 108 valence electrons. The summed E-state index contributed by atoms with van der Waals surface area (Å²) in [5.41, 5.74) is 1.15. The van der Waals surface area contributed by atoms with E-state index in [1.165, 1.54) is 0 Å². The molecule has 0 aliphatic rings. The van der Waals surface area contributed by atoms with Crippen LogP contribution in [0.3, 0.4) is 0 Å². The Morgan fingerprint density at radius 1 is 1.21 bits per heavy atom. The van der Waals surface area contributed by atoms with Crippen LogP contribution < -0.4 is 14.8 Å². The molecule has 0 atom stereocenters. The maximum Gasteiger partial charge on any atom is 0.123 e. The van der Waals surface area contributed by atoms with Gasteiger partial charge in [0.15, 0.2) is 0 Å². The molecule has 4 heteroatoms. The number of methoxy groups -OCH3 is 2. The van der Waals surface area contributed by atoms with Crippen LogP contribution in [0.15, 0.2) is 18.2 Å². The summed E-state index contributed by atoms with van der Waals surface area (Å²) >= 11 is 0. The molecular formula is C15H26N2O2. The molecule has 0 amide bonds. The highest BCUT2D eigenvalue weighted by Gasteiger charge is 2.08. The van der Waals surface area contributed by atoms with Crippen molar-refractivity contribution < 1.29 is 9.47 Å². The lowest BCUT2D eigenvalue weighted by Gasteiger charge is -2.20. The molecule has 1 rings (SSSR count). The van der Waals surface area contributed by atoms with Gasteiger partial charge in [0.25, 0.3) is 0 Å². The van der Waals surface area contributed by atoms with Gasteiger partial charge in [0, 0.05) is 31.2 Å². The van der Waals surface area contributed by atoms with Crippen LogP contribution in [0.2, 0.25) is 0 Å². The molecule has 0 aliphatic carbocycles. The minimum absolute atomic E-state index is 0.528. The Bertz CT molecular complexity index is 380. The summed E-state index contributed by atoms with van der Waals surface area (Å²) in [4.78, 5) is 2.27. The Morgan fingerprint density at radius 2 is 1.95 bits per heavy atom. The van der Waals surface area contributed by atoms with Crippen molar-refractivity contribution in [3.63, 3.8) is 0 Å². The summed E-state index contributed by atoms with van der Waals surface area (Å²) in [6.45, 7) is 7.15. The van der Waals surface area contributed by atoms with Crippen LogP contribution in [-0.4, -0.2) is 45.3 Å². The fourth-order valence-corrected chi connectivity index (χ4v) is 1.92. The molecule has 0 spiro atoms. The van der Waals surface area contributed by atoms with Gasteiger partial charge >= 0.3 is 0 Å². The van der Waals surface area contributed by atoms with Gasteiger partial charge in [-0.25, -0.2) is 0 Å². The Kier molecular flexibility index (Phi) is 6.67. The van der Waals surface area contributed by atoms with Crippen molar-refractivity contribution in [1.82, 2.24) is 10.2 Å². The molecule has 4 nitrogen and oxygen atoms in total. The van der Waals surface area contributed by atoms with Crippen LogP contribution >= 0.6 is 0 Å². The number of rotatable bonds is 8. The lowest BCUT2D eigenvalue weighted by Crippen LogP contribution is -2.32. The SMILES string of the molecule is COc1ccc(OC)c(CN(C)CCNC(C)C)c1. The minimum atomic E-state index is 0.528. The third-order valence-electron chi connectivity index (χ3n) is 2.97. The molecule has 0 radical (unpaired) electrons. The first kappa shape index (κ1) is 15.8. The molecule has 0 heterocycles. The molecule has 1 aromatic rings. The molecule has 0 saturated carbocycles. The summed E-state index contributed by atoms with van der Waals surface area (Å²) in [7, 11) is 5.49. The van der Waals surface area contributed by atoms with E-state index in [9.17, 15) is 0 Å². The summed E-state index contributed by atoms with van der Waals surface area (Å²) in [6.07, 6.45) is 0. The van der Waals surface area contributed by atoms with Crippen LogP contribution in [0.25, 0.3) is 0 Å². The van der Waals surface area contributed by atoms with Crippen LogP contribution in [0.1, 0.15) is 19.4 Å². The molecule has 1 N–H and O–H groups in total. The number of hydrogen-bond acceptors (Lipinski definition) is 4. The first-order valence-corrected chi connectivity index (χ1v) is 6.69. The number of nitrogens with one attached hydrogen (secondary N) is 1. The molecule has 0 aromatic heterocycles. The van der Waals surface area contributed by atoms with Crippen molar-refractivity contribution in [2.75, 3.05) is 34.4 Å². The maximum absolute atomic E-state index is 5.39. The van der Waals surface area contributed by atoms with Gasteiger partial charge in [-0.3, -0.25) is 0 Å². The highest BCUT2D eigenvalue weighted by molar-refractivity contribution is 5.40. The van der Waals surface area contributed by atoms with E-state index in [0.29, 0.717) is 6.04 Å². The van der Waals surface area contributed by atoms with Gasteiger partial charge in [0.05, 0.1) is 14.2 Å². The summed E-state index contributed by atoms with van der Waals surface area (Å²) in [6, 6.07) is 6.43. The van der Waals surface area contributed by atoms with Gasteiger partial charge in [-0.15, -0.1) is 0 Å². The van der Waals surface area contributed by atoms with Gasteiger partial charge in [-0.05, 0) is 25.2 Å². The van der Waals surface area contributed by atoms with Gasteiger partial charge in [-0.1, -0.05) is 13.8 Å². The number of likely N-dealkylation sites (N-methyl/N-ethyl adjacent to an activating group) is 1. The molecule has 0 unspecified atom stereocenters. The van der Waals surface area contributed by atoms with Crippen LogP contribution in [-0.2, 0) is 6.54 Å². The van der Waals surface area contributed by atoms with Crippen LogP contribution in [0, 0.1) is 0 Å². The average Bonchev–Trinajstić information content (AvgIpc) is 2.38. The highest BCUT2D eigenvalue weighted by Crippen LogP contribution is 2.24. The van der Waals surface area contributed by atoms with E-state index in [4.69, 9.17) is 9.47 Å². The van der Waals surface area contributed by atoms with Crippen molar-refractivity contribution in [3.05, 3.63) is 23.8 Å². The van der Waals surface area contributed by atoms with Crippen molar-refractivity contribution in [2.45, 2.75) is 26.4 Å². The number of hydrogen-bond donors (Lipinski definition) is 1. The van der Waals surface area contributed by atoms with Crippen LogP contribution in [0.5, 0.6) is 11.5 Å². The Hall–Kier alpha value is -1.26. The fraction of sp³-hybridized carbons (Fsp3) is 0.600. The smallest absolute Gasteiger partial charge is 0.123 e. The molecule has 19 heavy (non-hydrogen) atoms. The molecule has 0 fully saturated rings. The monoisotopic (exact) mass is 266 g/mol. The quantitative estimate of drug-likeness (QED) is 0.781. The van der Waals surface area contributed by atoms with E-state index in [0.717, 1.165) is 36.7 Å². The van der Waals surface area contributed by atoms with E-state index >= 15 is 0 Å². The van der Waals surface area contributed by atoms with E-state index in [-0.39, 0.29) is 0 Å². The second-order valence-electron chi connectivity index (χ2n) is 5.02. The first-order valence-electron chi connectivity index (χ1n) is 6.69. The number of nitrogens with zero attached hydrogens (tertiary/aromatic N) is 1. The minimum Gasteiger partial charge on any atom is -0.497 e. The topological polar surface area (TPSA) is 33.7 Å². The zero-order valence-corrected chi connectivity index (χ0v) is 12.7. The molecule has 0 aliphatic heterocycles. The lowest BCUT2D eigenvalue weighted by molar-refractivity contribution is 0.310. The molecular weight excluding hydrogens is 240 g/mol. The summed E-state index contributed by atoms with van der Waals surface area (Å²) < 4.78 is 10.7. The van der Waals surface area contributed by atoms with Gasteiger partial charge < -0.3 is 19.7 Å². The van der Waals surface area contributed by atoms with Crippen LogP contribution in [0.4, 0.5) is 0 Å². The van der Waals surface area contributed by atoms with E-state index in [2.05, 4.69) is 31.1 Å². The lowest BCUT2D eigenvalue weighted by atomic mass is 10.1. The Labute approximate surface area is 116 Å². The summed E-state index contributed by atoms with van der Waals surface area (Å²) in [5.74, 6) is 1.77. The van der Waals surface area contributed by atoms with Crippen molar-refractivity contribution >= 4 is 0 Å². The Morgan fingerprint density at radius 3 is 2.53 bits per heavy atom. The van der Waals surface area contributed by atoms with Gasteiger partial charge in [0.2, 0.25) is 0 Å². The normalized spacial score (nSPS) is 11.1. The molecule has 0 bridgehead atoms. The second-order valence-corrected chi connectivity index (χ2v) is 5.02. The van der Waals surface area contributed by atoms with Gasteiger partial charge in [-0.2, -0.15) is 0 Å². The highest BCUT2D eigenvalue weighted by atomic mass is 16.5. The fourth-order valence-electron chi connectivity index (χ4n) is 1.92. The third kappa shape index (κ3) is 5.49. The number of benzene rings is 1. The largest absolute Gasteiger partial charge is 0.497 e. The first-order chi connectivity index (χ1) is 9.06. The van der Waals surface area contributed by atoms with Crippen molar-refractivity contribution in [2.24, 2.45) is 0 Å². The predicted molar refractivity (Wildman–Crippen MR) is 79.0 cm³/mol. The average molecular weight is 266 g/mol. The van der Waals surface area contributed by atoms with E-state index < -0.39 is 0 Å². The zero-order valence-electron chi connectivity index (χ0n) is 12.7. The predicted octanol–water partition coefficient (Wildman–Crippen LogP) is 2.13. The second kappa shape index (κ2) is 8.02. The van der Waals surface area contributed by atoms with E-state index in [1.54, 1.807) is 14.2 Å². The van der Waals surface area contributed by atoms with E-state index in [1.807, 2.05) is 18.2 Å². The Balaban J connectivity index is 2.58. The third-order valence-corrected chi connectivity index (χ3v) is 2.97. The number of ether oxygens (including phenoxy) is 2. The molecule has 0 saturated heterocycles. The summed E-state index contributed by atoms with van der Waals surface area (Å²) in [5, 5.41) is 3.42. The molecule has 1 aromatic carbocycles. The van der Waals surface area contributed by atoms with Crippen molar-refractivity contribution in [3.8, 4) is 11.5 Å².